The molecule has 0 aromatic carbocycles. The lowest BCUT2D eigenvalue weighted by Crippen LogP contribution is -2.50. The molecule has 2 saturated heterocycles. The van der Waals surface area contributed by atoms with Crippen molar-refractivity contribution in [1.82, 2.24) is 16.0 Å². The van der Waals surface area contributed by atoms with Crippen molar-refractivity contribution in [3.63, 3.8) is 0 Å². The van der Waals surface area contributed by atoms with E-state index in [0.717, 1.165) is 25.8 Å². The number of carbonyl (C=O) groups is 1. The second-order valence-corrected chi connectivity index (χ2v) is 9.05. The van der Waals surface area contributed by atoms with Crippen molar-refractivity contribution in [2.45, 2.75) is 95.1 Å². The van der Waals surface area contributed by atoms with Crippen LogP contribution in [0.25, 0.3) is 0 Å². The number of fused-ring (bicyclic) bond motifs is 1. The van der Waals surface area contributed by atoms with Crippen LogP contribution in [0.2, 0.25) is 0 Å². The number of nitrogens with one attached hydrogen (secondary N) is 3. The summed E-state index contributed by atoms with van der Waals surface area (Å²) in [5.41, 5.74) is 0. The van der Waals surface area contributed by atoms with Crippen LogP contribution in [0.15, 0.2) is 0 Å². The van der Waals surface area contributed by atoms with Gasteiger partial charge in [0.1, 0.15) is 6.17 Å². The third-order valence-corrected chi connectivity index (χ3v) is 7.38. The van der Waals surface area contributed by atoms with E-state index in [4.69, 9.17) is 0 Å². The fraction of sp³-hybridized carbons (Fsp3) is 0.950. The minimum absolute atomic E-state index is 0.0290. The van der Waals surface area contributed by atoms with E-state index in [9.17, 15) is 9.18 Å². The maximum absolute atomic E-state index is 14.3. The zero-order valence-electron chi connectivity index (χ0n) is 15.5. The molecule has 142 valence electrons. The van der Waals surface area contributed by atoms with E-state index in [-0.39, 0.29) is 23.9 Å². The van der Waals surface area contributed by atoms with Gasteiger partial charge in [0, 0.05) is 24.0 Å². The Balaban J connectivity index is 1.31. The Morgan fingerprint density at radius 3 is 2.72 bits per heavy atom. The van der Waals surface area contributed by atoms with Gasteiger partial charge in [0.05, 0.1) is 6.04 Å². The molecule has 4 rings (SSSR count). The van der Waals surface area contributed by atoms with Crippen molar-refractivity contribution in [2.75, 3.05) is 6.54 Å². The summed E-state index contributed by atoms with van der Waals surface area (Å²) in [7, 11) is 0. The lowest BCUT2D eigenvalue weighted by atomic mass is 9.77. The largest absolute Gasteiger partial charge is 0.352 e. The molecule has 0 spiro atoms. The van der Waals surface area contributed by atoms with Gasteiger partial charge in [0.25, 0.3) is 0 Å². The molecule has 3 N–H and O–H groups in total. The third-order valence-electron chi connectivity index (χ3n) is 7.38. The molecule has 0 aromatic heterocycles. The molecule has 8 atom stereocenters. The summed E-state index contributed by atoms with van der Waals surface area (Å²) in [6.45, 7) is 3.34. The molecule has 2 aliphatic heterocycles. The molecule has 4 fully saturated rings. The maximum atomic E-state index is 14.3. The molecule has 4 aliphatic rings. The number of carbonyl (C=O) groups excluding carboxylic acids is 1. The first-order chi connectivity index (χ1) is 12.1. The summed E-state index contributed by atoms with van der Waals surface area (Å²) in [6, 6.07) is 0.942. The minimum Gasteiger partial charge on any atom is -0.352 e. The minimum atomic E-state index is -0.737. The van der Waals surface area contributed by atoms with Crippen molar-refractivity contribution in [2.24, 2.45) is 17.8 Å². The van der Waals surface area contributed by atoms with Crippen molar-refractivity contribution < 1.29 is 9.18 Å². The Hall–Kier alpha value is -0.680. The molecule has 0 bridgehead atoms. The van der Waals surface area contributed by atoms with Crippen molar-refractivity contribution in [1.29, 1.82) is 0 Å². The highest BCUT2D eigenvalue weighted by molar-refractivity contribution is 5.82. The molecule has 1 amide bonds. The van der Waals surface area contributed by atoms with E-state index >= 15 is 0 Å². The highest BCUT2D eigenvalue weighted by atomic mass is 19.1. The zero-order chi connectivity index (χ0) is 17.4. The van der Waals surface area contributed by atoms with Crippen LogP contribution in [0.5, 0.6) is 0 Å². The molecular formula is C20H34FN3O. The number of hydrogen-bond acceptors (Lipinski definition) is 3. The van der Waals surface area contributed by atoms with Gasteiger partial charge < -0.3 is 16.0 Å². The van der Waals surface area contributed by atoms with E-state index in [1.807, 2.05) is 0 Å². The van der Waals surface area contributed by atoms with Gasteiger partial charge in [-0.15, -0.1) is 0 Å². The predicted octanol–water partition coefficient (Wildman–Crippen LogP) is 2.53. The molecule has 0 aromatic rings. The van der Waals surface area contributed by atoms with Crippen molar-refractivity contribution >= 4 is 5.91 Å². The van der Waals surface area contributed by atoms with Gasteiger partial charge in [-0.05, 0) is 69.7 Å². The molecular weight excluding hydrogens is 317 g/mol. The van der Waals surface area contributed by atoms with Gasteiger partial charge in [-0.1, -0.05) is 13.3 Å². The Kier molecular flexibility index (Phi) is 5.33. The Morgan fingerprint density at radius 2 is 1.96 bits per heavy atom. The van der Waals surface area contributed by atoms with Crippen LogP contribution in [0.3, 0.4) is 0 Å². The topological polar surface area (TPSA) is 53.2 Å². The zero-order valence-corrected chi connectivity index (χ0v) is 15.5. The number of amides is 1. The van der Waals surface area contributed by atoms with Crippen molar-refractivity contribution in [3.05, 3.63) is 0 Å². The van der Waals surface area contributed by atoms with Crippen LogP contribution in [0, 0.1) is 17.8 Å². The predicted molar refractivity (Wildman–Crippen MR) is 97.0 cm³/mol. The standard InChI is InChI=1S/C20H34FN3O/c1-12-7-8-16(21)15-11-18(24-19(12)15)20(25)23-14-5-2-4-13(10-14)17-6-3-9-22-17/h12-19,22,24H,2-11H2,1H3,(H,23,25). The Bertz CT molecular complexity index is 464. The van der Waals surface area contributed by atoms with Gasteiger partial charge in [-0.2, -0.15) is 0 Å². The van der Waals surface area contributed by atoms with Gasteiger partial charge in [-0.25, -0.2) is 4.39 Å². The Morgan fingerprint density at radius 1 is 1.08 bits per heavy atom. The molecule has 2 heterocycles. The summed E-state index contributed by atoms with van der Waals surface area (Å²) in [5.74, 6) is 1.32. The fourth-order valence-corrected chi connectivity index (χ4v) is 5.94. The lowest BCUT2D eigenvalue weighted by molar-refractivity contribution is -0.124. The summed E-state index contributed by atoms with van der Waals surface area (Å²) >= 11 is 0. The first-order valence-electron chi connectivity index (χ1n) is 10.6. The van der Waals surface area contributed by atoms with Crippen LogP contribution in [0.4, 0.5) is 4.39 Å². The van der Waals surface area contributed by atoms with Gasteiger partial charge in [0.2, 0.25) is 5.91 Å². The summed E-state index contributed by atoms with van der Waals surface area (Å²) in [5, 5.41) is 10.4. The van der Waals surface area contributed by atoms with Crippen LogP contribution < -0.4 is 16.0 Å². The van der Waals surface area contributed by atoms with E-state index in [1.54, 1.807) is 0 Å². The second-order valence-electron chi connectivity index (χ2n) is 9.05. The highest BCUT2D eigenvalue weighted by Crippen LogP contribution is 2.39. The van der Waals surface area contributed by atoms with E-state index in [0.29, 0.717) is 36.8 Å². The number of hydrogen-bond donors (Lipinski definition) is 3. The molecule has 2 aliphatic carbocycles. The molecule has 5 heteroatoms. The van der Waals surface area contributed by atoms with E-state index in [2.05, 4.69) is 22.9 Å². The molecule has 8 unspecified atom stereocenters. The maximum Gasteiger partial charge on any atom is 0.237 e. The second kappa shape index (κ2) is 7.51. The van der Waals surface area contributed by atoms with Crippen molar-refractivity contribution in [3.8, 4) is 0 Å². The monoisotopic (exact) mass is 351 g/mol. The normalized spacial score (nSPS) is 47.4. The molecule has 25 heavy (non-hydrogen) atoms. The van der Waals surface area contributed by atoms with E-state index < -0.39 is 6.17 Å². The van der Waals surface area contributed by atoms with Gasteiger partial charge >= 0.3 is 0 Å². The highest BCUT2D eigenvalue weighted by Gasteiger charge is 2.46. The fourth-order valence-electron chi connectivity index (χ4n) is 5.94. The van der Waals surface area contributed by atoms with Gasteiger partial charge in [0.15, 0.2) is 0 Å². The smallest absolute Gasteiger partial charge is 0.237 e. The summed E-state index contributed by atoms with van der Waals surface area (Å²) in [6.07, 6.45) is 8.80. The number of alkyl halides is 1. The average Bonchev–Trinajstić information content (AvgIpc) is 3.28. The van der Waals surface area contributed by atoms with Crippen LogP contribution in [-0.2, 0) is 4.79 Å². The average molecular weight is 352 g/mol. The summed E-state index contributed by atoms with van der Waals surface area (Å²) < 4.78 is 14.3. The molecule has 2 saturated carbocycles. The number of halogens is 1. The summed E-state index contributed by atoms with van der Waals surface area (Å²) in [4.78, 5) is 12.8. The lowest BCUT2D eigenvalue weighted by Gasteiger charge is -2.34. The SMILES string of the molecule is CC1CCC(F)C2CC(C(=O)NC3CCCC(C4CCCN4)C3)NC12. The first kappa shape index (κ1) is 17.7. The van der Waals surface area contributed by atoms with Gasteiger partial charge in [-0.3, -0.25) is 4.79 Å². The van der Waals surface area contributed by atoms with Crippen LogP contribution in [-0.4, -0.2) is 42.8 Å². The van der Waals surface area contributed by atoms with Crippen LogP contribution >= 0.6 is 0 Å². The van der Waals surface area contributed by atoms with E-state index in [1.165, 1.54) is 25.7 Å². The first-order valence-corrected chi connectivity index (χ1v) is 10.6. The quantitative estimate of drug-likeness (QED) is 0.732. The third kappa shape index (κ3) is 3.73. The van der Waals surface area contributed by atoms with Crippen LogP contribution in [0.1, 0.15) is 64.7 Å². The molecule has 4 nitrogen and oxygen atoms in total. The number of rotatable bonds is 3. The Labute approximate surface area is 151 Å². The molecule has 0 radical (unpaired) electrons.